The zero-order valence-corrected chi connectivity index (χ0v) is 13.8. The van der Waals surface area contributed by atoms with Gasteiger partial charge in [0.15, 0.2) is 0 Å². The lowest BCUT2D eigenvalue weighted by Gasteiger charge is -2.31. The van der Waals surface area contributed by atoms with Gasteiger partial charge in [0.05, 0.1) is 20.1 Å². The van der Waals surface area contributed by atoms with Gasteiger partial charge in [0, 0.05) is 19.0 Å². The van der Waals surface area contributed by atoms with Gasteiger partial charge in [-0.1, -0.05) is 28.1 Å². The van der Waals surface area contributed by atoms with Gasteiger partial charge in [-0.05, 0) is 31.9 Å². The molecule has 1 aliphatic heterocycles. The summed E-state index contributed by atoms with van der Waals surface area (Å²) in [4.78, 5) is 18.6. The number of rotatable bonds is 2. The first-order chi connectivity index (χ1) is 9.65. The summed E-state index contributed by atoms with van der Waals surface area (Å²) in [7, 11) is 0. The van der Waals surface area contributed by atoms with Crippen LogP contribution in [0.1, 0.15) is 30.7 Å². The van der Waals surface area contributed by atoms with E-state index in [0.717, 1.165) is 31.4 Å². The summed E-state index contributed by atoms with van der Waals surface area (Å²) in [5.74, 6) is 0.704. The number of alkyl halides is 1. The first-order valence-electron chi connectivity index (χ1n) is 6.93. The lowest BCUT2D eigenvalue weighted by Crippen LogP contribution is -2.41. The van der Waals surface area contributed by atoms with E-state index < -0.39 is 0 Å². The van der Waals surface area contributed by atoms with Crippen LogP contribution in [0.3, 0.4) is 0 Å². The van der Waals surface area contributed by atoms with E-state index in [4.69, 9.17) is 4.98 Å². The maximum Gasteiger partial charge on any atom is 0.236 e. The number of halogens is 1. The minimum Gasteiger partial charge on any atom is -0.342 e. The number of thiazole rings is 1. The van der Waals surface area contributed by atoms with Crippen molar-refractivity contribution >= 4 is 43.4 Å². The maximum absolute atomic E-state index is 11.9. The number of amides is 1. The highest BCUT2D eigenvalue weighted by molar-refractivity contribution is 9.10. The molecule has 1 unspecified atom stereocenters. The number of para-hydroxylation sites is 1. The van der Waals surface area contributed by atoms with Crippen molar-refractivity contribution in [1.82, 2.24) is 9.88 Å². The summed E-state index contributed by atoms with van der Waals surface area (Å²) in [5, 5.41) is 1.23. The van der Waals surface area contributed by atoms with Crippen molar-refractivity contribution in [3.05, 3.63) is 29.3 Å². The van der Waals surface area contributed by atoms with Crippen LogP contribution in [0, 0.1) is 0 Å². The summed E-state index contributed by atoms with van der Waals surface area (Å²) in [6.07, 6.45) is 2.04. The van der Waals surface area contributed by atoms with Gasteiger partial charge in [-0.15, -0.1) is 11.3 Å². The number of benzene rings is 1. The average molecular weight is 353 g/mol. The van der Waals surface area contributed by atoms with E-state index in [2.05, 4.69) is 34.1 Å². The van der Waals surface area contributed by atoms with Crippen molar-refractivity contribution in [2.45, 2.75) is 30.5 Å². The predicted molar refractivity (Wildman–Crippen MR) is 86.6 cm³/mol. The second-order valence-electron chi connectivity index (χ2n) is 5.24. The van der Waals surface area contributed by atoms with Crippen LogP contribution in [0.15, 0.2) is 24.3 Å². The topological polar surface area (TPSA) is 33.2 Å². The van der Waals surface area contributed by atoms with Crippen LogP contribution in [0.4, 0.5) is 0 Å². The number of fused-ring (bicyclic) bond motifs is 1. The van der Waals surface area contributed by atoms with E-state index in [9.17, 15) is 4.79 Å². The normalized spacial score (nSPS) is 18.4. The highest BCUT2D eigenvalue weighted by Gasteiger charge is 2.27. The van der Waals surface area contributed by atoms with Gasteiger partial charge in [-0.2, -0.15) is 0 Å². The van der Waals surface area contributed by atoms with Crippen LogP contribution in [-0.2, 0) is 4.79 Å². The van der Waals surface area contributed by atoms with Gasteiger partial charge in [0.2, 0.25) is 5.91 Å². The Bertz CT molecular complexity index is 584. The minimum absolute atomic E-state index is 0.0819. The van der Waals surface area contributed by atoms with E-state index in [0.29, 0.717) is 5.92 Å². The molecule has 0 N–H and O–H groups in total. The molecule has 0 bridgehead atoms. The molecular weight excluding hydrogens is 336 g/mol. The van der Waals surface area contributed by atoms with Gasteiger partial charge in [0.1, 0.15) is 0 Å². The molecule has 3 nitrogen and oxygen atoms in total. The molecule has 1 amide bonds. The Morgan fingerprint density at radius 1 is 1.40 bits per heavy atom. The predicted octanol–water partition coefficient (Wildman–Crippen LogP) is 3.79. The number of hydrogen-bond acceptors (Lipinski definition) is 3. The van der Waals surface area contributed by atoms with E-state index >= 15 is 0 Å². The van der Waals surface area contributed by atoms with Crippen LogP contribution < -0.4 is 0 Å². The number of likely N-dealkylation sites (tertiary alicyclic amines) is 1. The smallest absolute Gasteiger partial charge is 0.236 e. The largest absolute Gasteiger partial charge is 0.342 e. The lowest BCUT2D eigenvalue weighted by atomic mass is 9.97. The number of hydrogen-bond donors (Lipinski definition) is 0. The monoisotopic (exact) mass is 352 g/mol. The van der Waals surface area contributed by atoms with Crippen molar-refractivity contribution in [1.29, 1.82) is 0 Å². The van der Waals surface area contributed by atoms with Gasteiger partial charge in [0.25, 0.3) is 0 Å². The van der Waals surface area contributed by atoms with Gasteiger partial charge in [-0.25, -0.2) is 4.98 Å². The number of carbonyl (C=O) groups excluding carboxylic acids is 1. The second-order valence-corrected chi connectivity index (χ2v) is 7.67. The molecule has 1 aliphatic rings. The van der Waals surface area contributed by atoms with Gasteiger partial charge < -0.3 is 4.90 Å². The Morgan fingerprint density at radius 3 is 2.75 bits per heavy atom. The summed E-state index contributed by atoms with van der Waals surface area (Å²) in [6, 6.07) is 8.29. The highest BCUT2D eigenvalue weighted by atomic mass is 79.9. The standard InChI is InChI=1S/C15H17BrN2OS/c1-10(16)15(19)18-8-6-11(7-9-18)14-17-12-4-2-3-5-13(12)20-14/h2-5,10-11H,6-9H2,1H3. The number of piperidine rings is 1. The fraction of sp³-hybridized carbons (Fsp3) is 0.467. The zero-order chi connectivity index (χ0) is 14.1. The Kier molecular flexibility index (Phi) is 4.08. The third-order valence-corrected chi connectivity index (χ3v) is 5.40. The number of aromatic nitrogens is 1. The molecule has 1 aromatic heterocycles. The second kappa shape index (κ2) is 5.82. The Labute approximate surface area is 131 Å². The fourth-order valence-electron chi connectivity index (χ4n) is 2.66. The van der Waals surface area contributed by atoms with E-state index in [-0.39, 0.29) is 10.7 Å². The molecule has 106 valence electrons. The van der Waals surface area contributed by atoms with Crippen LogP contribution in [0.2, 0.25) is 0 Å². The van der Waals surface area contributed by atoms with Crippen molar-refractivity contribution in [2.24, 2.45) is 0 Å². The molecule has 0 saturated carbocycles. The van der Waals surface area contributed by atoms with E-state index in [1.54, 1.807) is 11.3 Å². The average Bonchev–Trinajstić information content (AvgIpc) is 2.90. The number of nitrogens with zero attached hydrogens (tertiary/aromatic N) is 2. The molecular formula is C15H17BrN2OS. The summed E-state index contributed by atoms with van der Waals surface area (Å²) in [6.45, 7) is 3.58. The molecule has 1 aromatic carbocycles. The molecule has 3 rings (SSSR count). The summed E-state index contributed by atoms with van der Waals surface area (Å²) < 4.78 is 1.26. The molecule has 0 aliphatic carbocycles. The minimum atomic E-state index is -0.0819. The number of carbonyl (C=O) groups is 1. The molecule has 1 fully saturated rings. The quantitative estimate of drug-likeness (QED) is 0.770. The summed E-state index contributed by atoms with van der Waals surface area (Å²) >= 11 is 5.15. The Hall–Kier alpha value is -0.940. The molecule has 2 aromatic rings. The molecule has 1 atom stereocenters. The third-order valence-electron chi connectivity index (χ3n) is 3.81. The first kappa shape index (κ1) is 14.0. The fourth-order valence-corrected chi connectivity index (χ4v) is 4.09. The SMILES string of the molecule is CC(Br)C(=O)N1CCC(c2nc3ccccc3s2)CC1. The molecule has 0 radical (unpaired) electrons. The first-order valence-corrected chi connectivity index (χ1v) is 8.66. The highest BCUT2D eigenvalue weighted by Crippen LogP contribution is 2.33. The molecule has 0 spiro atoms. The maximum atomic E-state index is 11.9. The Morgan fingerprint density at radius 2 is 2.10 bits per heavy atom. The van der Waals surface area contributed by atoms with Crippen LogP contribution in [0.5, 0.6) is 0 Å². The van der Waals surface area contributed by atoms with Crippen molar-refractivity contribution in [2.75, 3.05) is 13.1 Å². The zero-order valence-electron chi connectivity index (χ0n) is 11.4. The molecule has 5 heteroatoms. The molecule has 20 heavy (non-hydrogen) atoms. The van der Waals surface area contributed by atoms with Crippen molar-refractivity contribution in [3.63, 3.8) is 0 Å². The molecule has 2 heterocycles. The van der Waals surface area contributed by atoms with Crippen LogP contribution in [-0.4, -0.2) is 33.7 Å². The van der Waals surface area contributed by atoms with Crippen LogP contribution >= 0.6 is 27.3 Å². The third kappa shape index (κ3) is 2.74. The lowest BCUT2D eigenvalue weighted by molar-refractivity contribution is -0.131. The van der Waals surface area contributed by atoms with Crippen molar-refractivity contribution in [3.8, 4) is 0 Å². The van der Waals surface area contributed by atoms with Crippen molar-refractivity contribution < 1.29 is 4.79 Å². The van der Waals surface area contributed by atoms with E-state index in [1.165, 1.54) is 9.71 Å². The van der Waals surface area contributed by atoms with Crippen LogP contribution in [0.25, 0.3) is 10.2 Å². The Balaban J connectivity index is 1.70. The van der Waals surface area contributed by atoms with E-state index in [1.807, 2.05) is 17.9 Å². The molecule has 1 saturated heterocycles. The van der Waals surface area contributed by atoms with Gasteiger partial charge in [-0.3, -0.25) is 4.79 Å². The van der Waals surface area contributed by atoms with Gasteiger partial charge >= 0.3 is 0 Å². The summed E-state index contributed by atoms with van der Waals surface area (Å²) in [5.41, 5.74) is 1.10.